The molecule has 3 nitrogen and oxygen atoms in total. The van der Waals surface area contributed by atoms with E-state index >= 15 is 0 Å². The molecule has 2 N–H and O–H groups in total. The zero-order valence-corrected chi connectivity index (χ0v) is 5.92. The first-order chi connectivity index (χ1) is 3.06. The van der Waals surface area contributed by atoms with Crippen LogP contribution in [0, 0.1) is 0 Å². The van der Waals surface area contributed by atoms with Crippen molar-refractivity contribution in [2.75, 3.05) is 0 Å². The van der Waals surface area contributed by atoms with E-state index in [4.69, 9.17) is 19.8 Å². The summed E-state index contributed by atoms with van der Waals surface area (Å²) in [6.07, 6.45) is 0. The van der Waals surface area contributed by atoms with Crippen LogP contribution in [-0.2, 0) is 3.74 Å². The molecule has 0 saturated heterocycles. The summed E-state index contributed by atoms with van der Waals surface area (Å²) in [7, 11) is 0. The van der Waals surface area contributed by atoms with Crippen LogP contribution in [0.25, 0.3) is 0 Å². The van der Waals surface area contributed by atoms with E-state index in [0.29, 0.717) is 4.86 Å². The molecule has 0 aromatic heterocycles. The molecule has 0 unspecified atom stereocenters. The van der Waals surface area contributed by atoms with Crippen LogP contribution in [0.3, 0.4) is 0 Å². The summed E-state index contributed by atoms with van der Waals surface area (Å²) in [5, 5.41) is 0. The Morgan fingerprint density at radius 3 is 2.00 bits per heavy atom. The van der Waals surface area contributed by atoms with Gasteiger partial charge in [0.15, 0.2) is 0 Å². The quantitative estimate of drug-likeness (QED) is 0.550. The topological polar surface area (TPSA) is 57.5 Å². The molecule has 0 saturated carbocycles. The van der Waals surface area contributed by atoms with Crippen molar-refractivity contribution >= 4 is 25.8 Å². The summed E-state index contributed by atoms with van der Waals surface area (Å²) in [5.74, 6) is 0. The zero-order valence-electron chi connectivity index (χ0n) is 3.28. The molecule has 0 fully saturated rings. The fraction of sp³-hybridized carbons (Fsp3) is 0. The van der Waals surface area contributed by atoms with Gasteiger partial charge in [0.2, 0.25) is 0 Å². The van der Waals surface area contributed by atoms with Gasteiger partial charge >= 0.3 is 48.1 Å². The van der Waals surface area contributed by atoms with E-state index in [0.717, 1.165) is 5.54 Å². The van der Waals surface area contributed by atoms with Gasteiger partial charge in [0, 0.05) is 0 Å². The van der Waals surface area contributed by atoms with Crippen molar-refractivity contribution in [1.29, 1.82) is 0 Å². The van der Waals surface area contributed by atoms with E-state index in [-0.39, 0.29) is 0 Å². The summed E-state index contributed by atoms with van der Waals surface area (Å²) < 4.78 is 25.9. The fourth-order valence-electron chi connectivity index (χ4n) is 0.0734. The average Bonchev–Trinajstić information content (AvgIpc) is 1.30. The molecule has 0 atom stereocenters. The Morgan fingerprint density at radius 2 is 2.00 bits per heavy atom. The molecule has 0 spiro atoms. The van der Waals surface area contributed by atoms with Crippen LogP contribution in [0.1, 0.15) is 0 Å². The maximum absolute atomic E-state index is 9.82. The van der Waals surface area contributed by atoms with Gasteiger partial charge in [-0.25, -0.2) is 0 Å². The van der Waals surface area contributed by atoms with E-state index in [1.54, 1.807) is 0 Å². The maximum atomic E-state index is 9.82. The third-order valence-corrected chi connectivity index (χ3v) is 1.89. The van der Waals surface area contributed by atoms with Gasteiger partial charge in [-0.15, -0.1) is 0 Å². The van der Waals surface area contributed by atoms with Crippen molar-refractivity contribution in [2.45, 2.75) is 0 Å². The molecule has 42 valence electrons. The standard InChI is InChI=1S/C2H4AsClO3/c4-2-1-3(5,6)7/h1-2H,(H2,5,6,7)/b2-1+. The molecule has 0 bridgehead atoms. The molecule has 0 aromatic carbocycles. The van der Waals surface area contributed by atoms with E-state index in [2.05, 4.69) is 0 Å². The third-order valence-electron chi connectivity index (χ3n) is 0.251. The second-order valence-electron chi connectivity index (χ2n) is 0.864. The fourth-order valence-corrected chi connectivity index (χ4v) is 1.14. The van der Waals surface area contributed by atoms with Crippen LogP contribution >= 0.6 is 11.6 Å². The van der Waals surface area contributed by atoms with Crippen molar-refractivity contribution in [3.8, 4) is 0 Å². The molecular formula is C2H4AsClO3. The molecule has 0 aliphatic carbocycles. The summed E-state index contributed by atoms with van der Waals surface area (Å²) in [4.78, 5) is 0.680. The summed E-state index contributed by atoms with van der Waals surface area (Å²) in [6.45, 7) is 0. The molecule has 0 amide bonds. The Bertz CT molecular complexity index is 114. The number of hydrogen-bond donors (Lipinski definition) is 2. The minimum absolute atomic E-state index is 0.680. The molecular weight excluding hydrogens is 182 g/mol. The van der Waals surface area contributed by atoms with Gasteiger partial charge in [-0.3, -0.25) is 0 Å². The van der Waals surface area contributed by atoms with Gasteiger partial charge in [0.25, 0.3) is 0 Å². The molecule has 0 radical (unpaired) electrons. The third kappa shape index (κ3) is 6.31. The van der Waals surface area contributed by atoms with Gasteiger partial charge in [0.1, 0.15) is 0 Å². The first-order valence-electron chi connectivity index (χ1n) is 1.39. The van der Waals surface area contributed by atoms with Crippen LogP contribution < -0.4 is 0 Å². The van der Waals surface area contributed by atoms with E-state index < -0.39 is 14.2 Å². The Morgan fingerprint density at radius 1 is 1.57 bits per heavy atom. The Balaban J connectivity index is 3.82. The summed E-state index contributed by atoms with van der Waals surface area (Å²) in [5.41, 5.74) is 0.819. The number of rotatable bonds is 1. The predicted octanol–water partition coefficient (Wildman–Crippen LogP) is -0.368. The first-order valence-corrected chi connectivity index (χ1v) is 5.36. The Kier molecular flexibility index (Phi) is 2.69. The van der Waals surface area contributed by atoms with E-state index in [9.17, 15) is 3.74 Å². The minimum atomic E-state index is -4.51. The van der Waals surface area contributed by atoms with Crippen LogP contribution in [-0.4, -0.2) is 22.4 Å². The van der Waals surface area contributed by atoms with Gasteiger partial charge in [0.05, 0.1) is 0 Å². The van der Waals surface area contributed by atoms with Crippen molar-refractivity contribution in [3.05, 3.63) is 10.4 Å². The van der Waals surface area contributed by atoms with Crippen molar-refractivity contribution in [2.24, 2.45) is 0 Å². The SMILES string of the molecule is O=[As](O)(O)/C=C/Cl. The monoisotopic (exact) mass is 186 g/mol. The molecule has 0 heterocycles. The van der Waals surface area contributed by atoms with Crippen molar-refractivity contribution in [3.63, 3.8) is 0 Å². The van der Waals surface area contributed by atoms with Crippen molar-refractivity contribution in [1.82, 2.24) is 0 Å². The zero-order chi connectivity index (χ0) is 5.91. The van der Waals surface area contributed by atoms with Gasteiger partial charge in [-0.2, -0.15) is 0 Å². The first kappa shape index (κ1) is 7.31. The van der Waals surface area contributed by atoms with E-state index in [1.165, 1.54) is 0 Å². The second-order valence-corrected chi connectivity index (χ2v) is 4.21. The van der Waals surface area contributed by atoms with E-state index in [1.807, 2.05) is 0 Å². The molecule has 0 aromatic rings. The molecule has 7 heavy (non-hydrogen) atoms. The molecule has 0 aliphatic rings. The predicted molar refractivity (Wildman–Crippen MR) is 25.9 cm³/mol. The van der Waals surface area contributed by atoms with Gasteiger partial charge in [-0.05, 0) is 0 Å². The van der Waals surface area contributed by atoms with Crippen LogP contribution in [0.2, 0.25) is 0 Å². The molecule has 0 rings (SSSR count). The normalized spacial score (nSPS) is 13.0. The van der Waals surface area contributed by atoms with Gasteiger partial charge in [-0.1, -0.05) is 0 Å². The number of halogens is 1. The van der Waals surface area contributed by atoms with Crippen LogP contribution in [0.5, 0.6) is 0 Å². The molecule has 5 heteroatoms. The summed E-state index contributed by atoms with van der Waals surface area (Å²) in [6, 6.07) is 0. The van der Waals surface area contributed by atoms with Crippen LogP contribution in [0.15, 0.2) is 10.4 Å². The van der Waals surface area contributed by atoms with Crippen molar-refractivity contribution < 1.29 is 11.9 Å². The Labute approximate surface area is 48.6 Å². The average molecular weight is 186 g/mol. The number of hydrogen-bond acceptors (Lipinski definition) is 1. The molecule has 0 aliphatic heterocycles. The van der Waals surface area contributed by atoms with Gasteiger partial charge < -0.3 is 0 Å². The van der Waals surface area contributed by atoms with Crippen LogP contribution in [0.4, 0.5) is 0 Å². The second kappa shape index (κ2) is 2.58. The Hall–Kier alpha value is 0.308. The summed E-state index contributed by atoms with van der Waals surface area (Å²) >= 11 is 0.322.